The van der Waals surface area contributed by atoms with Gasteiger partial charge in [-0.25, -0.2) is 4.98 Å². The molecular weight excluding hydrogens is 246 g/mol. The first kappa shape index (κ1) is 11.9. The maximum absolute atomic E-state index is 5.66. The molecular formula is C13H17N3OS. The van der Waals surface area contributed by atoms with Crippen molar-refractivity contribution in [1.29, 1.82) is 0 Å². The average Bonchev–Trinajstić information content (AvgIpc) is 3.11. The summed E-state index contributed by atoms with van der Waals surface area (Å²) in [5.41, 5.74) is 2.92. The first-order chi connectivity index (χ1) is 8.74. The van der Waals surface area contributed by atoms with Gasteiger partial charge in [0.25, 0.3) is 0 Å². The second-order valence-electron chi connectivity index (χ2n) is 4.92. The highest BCUT2D eigenvalue weighted by Gasteiger charge is 2.20. The van der Waals surface area contributed by atoms with Crippen molar-refractivity contribution in [2.75, 3.05) is 13.2 Å². The van der Waals surface area contributed by atoms with Crippen molar-refractivity contribution in [2.45, 2.75) is 26.3 Å². The van der Waals surface area contributed by atoms with Crippen molar-refractivity contribution in [1.82, 2.24) is 14.5 Å². The molecule has 0 atom stereocenters. The van der Waals surface area contributed by atoms with Crippen molar-refractivity contribution in [3.05, 3.63) is 22.6 Å². The molecule has 0 bridgehead atoms. The zero-order valence-electron chi connectivity index (χ0n) is 10.5. The van der Waals surface area contributed by atoms with Crippen molar-refractivity contribution in [3.8, 4) is 0 Å². The highest BCUT2D eigenvalue weighted by atomic mass is 32.1. The Balaban J connectivity index is 1.74. The summed E-state index contributed by atoms with van der Waals surface area (Å²) >= 11 is 5.32. The molecule has 0 aliphatic heterocycles. The lowest BCUT2D eigenvalue weighted by Gasteiger charge is -2.05. The Bertz CT molecular complexity index is 612. The molecule has 0 radical (unpaired) electrons. The lowest BCUT2D eigenvalue weighted by atomic mass is 10.3. The van der Waals surface area contributed by atoms with Crippen LogP contribution in [0.1, 0.15) is 18.5 Å². The standard InChI is InChI=1S/C13H17N3OS/c1-9-2-5-11-12(14-9)16(13(18)15-11)6-7-17-8-10-3-4-10/h2,5,10H,3-4,6-8H2,1H3,(H,15,18). The highest BCUT2D eigenvalue weighted by Crippen LogP contribution is 2.28. The third-order valence-electron chi connectivity index (χ3n) is 3.27. The minimum atomic E-state index is 0.702. The van der Waals surface area contributed by atoms with Crippen LogP contribution in [0.25, 0.3) is 11.2 Å². The molecule has 5 heteroatoms. The number of aromatic nitrogens is 3. The van der Waals surface area contributed by atoms with Gasteiger partial charge in [0.05, 0.1) is 18.7 Å². The van der Waals surface area contributed by atoms with Gasteiger partial charge in [-0.1, -0.05) is 0 Å². The lowest BCUT2D eigenvalue weighted by molar-refractivity contribution is 0.117. The molecule has 0 aromatic carbocycles. The molecule has 0 unspecified atom stereocenters. The largest absolute Gasteiger partial charge is 0.379 e. The summed E-state index contributed by atoms with van der Waals surface area (Å²) in [5.74, 6) is 0.807. The summed E-state index contributed by atoms with van der Waals surface area (Å²) in [7, 11) is 0. The van der Waals surface area contributed by atoms with Gasteiger partial charge < -0.3 is 9.72 Å². The average molecular weight is 263 g/mol. The van der Waals surface area contributed by atoms with E-state index < -0.39 is 0 Å². The van der Waals surface area contributed by atoms with Gasteiger partial charge in [0.2, 0.25) is 0 Å². The normalized spacial score (nSPS) is 15.4. The molecule has 1 aliphatic rings. The molecule has 2 aromatic rings. The summed E-state index contributed by atoms with van der Waals surface area (Å²) < 4.78 is 8.40. The predicted molar refractivity (Wildman–Crippen MR) is 73.2 cm³/mol. The highest BCUT2D eigenvalue weighted by molar-refractivity contribution is 7.71. The van der Waals surface area contributed by atoms with E-state index >= 15 is 0 Å². The van der Waals surface area contributed by atoms with E-state index in [1.807, 2.05) is 23.6 Å². The summed E-state index contributed by atoms with van der Waals surface area (Å²) in [4.78, 5) is 7.71. The van der Waals surface area contributed by atoms with Gasteiger partial charge >= 0.3 is 0 Å². The number of aromatic amines is 1. The summed E-state index contributed by atoms with van der Waals surface area (Å²) in [6, 6.07) is 4.01. The minimum Gasteiger partial charge on any atom is -0.379 e. The Morgan fingerprint density at radius 1 is 1.50 bits per heavy atom. The Morgan fingerprint density at radius 2 is 2.33 bits per heavy atom. The number of nitrogens with zero attached hydrogens (tertiary/aromatic N) is 2. The number of hydrogen-bond acceptors (Lipinski definition) is 3. The van der Waals surface area contributed by atoms with Gasteiger partial charge in [0.1, 0.15) is 0 Å². The van der Waals surface area contributed by atoms with Crippen molar-refractivity contribution in [2.24, 2.45) is 5.92 Å². The molecule has 1 fully saturated rings. The van der Waals surface area contributed by atoms with Crippen LogP contribution < -0.4 is 0 Å². The van der Waals surface area contributed by atoms with Gasteiger partial charge in [0.15, 0.2) is 10.4 Å². The Labute approximate surface area is 111 Å². The number of rotatable bonds is 5. The fraction of sp³-hybridized carbons (Fsp3) is 0.538. The maximum atomic E-state index is 5.66. The summed E-state index contributed by atoms with van der Waals surface area (Å²) in [5, 5.41) is 0. The fourth-order valence-electron chi connectivity index (χ4n) is 2.02. The summed E-state index contributed by atoms with van der Waals surface area (Å²) in [6.45, 7) is 4.35. The Morgan fingerprint density at radius 3 is 3.11 bits per heavy atom. The van der Waals surface area contributed by atoms with E-state index in [2.05, 4.69) is 9.97 Å². The molecule has 4 nitrogen and oxygen atoms in total. The van der Waals surface area contributed by atoms with Gasteiger partial charge in [-0.15, -0.1) is 0 Å². The molecule has 3 rings (SSSR count). The Kier molecular flexibility index (Phi) is 3.18. The molecule has 0 spiro atoms. The Hall–Kier alpha value is -1.20. The molecule has 18 heavy (non-hydrogen) atoms. The topological polar surface area (TPSA) is 42.8 Å². The number of nitrogens with one attached hydrogen (secondary N) is 1. The monoisotopic (exact) mass is 263 g/mol. The van der Waals surface area contributed by atoms with Gasteiger partial charge in [-0.3, -0.25) is 4.57 Å². The second kappa shape index (κ2) is 4.82. The van der Waals surface area contributed by atoms with Crippen molar-refractivity contribution >= 4 is 23.4 Å². The molecule has 0 saturated heterocycles. The van der Waals surface area contributed by atoms with E-state index in [9.17, 15) is 0 Å². The minimum absolute atomic E-state index is 0.702. The number of fused-ring (bicyclic) bond motifs is 1. The fourth-order valence-corrected chi connectivity index (χ4v) is 2.31. The molecule has 2 heterocycles. The zero-order valence-corrected chi connectivity index (χ0v) is 11.3. The first-order valence-electron chi connectivity index (χ1n) is 6.38. The first-order valence-corrected chi connectivity index (χ1v) is 6.79. The summed E-state index contributed by atoms with van der Waals surface area (Å²) in [6.07, 6.45) is 2.65. The number of hydrogen-bond donors (Lipinski definition) is 1. The van der Waals surface area contributed by atoms with Gasteiger partial charge in [-0.05, 0) is 50.0 Å². The molecule has 1 aliphatic carbocycles. The molecule has 2 aromatic heterocycles. The number of imidazole rings is 1. The van der Waals surface area contributed by atoms with Crippen LogP contribution in [-0.2, 0) is 11.3 Å². The van der Waals surface area contributed by atoms with Crippen LogP contribution in [-0.4, -0.2) is 27.7 Å². The van der Waals surface area contributed by atoms with E-state index in [4.69, 9.17) is 17.0 Å². The van der Waals surface area contributed by atoms with Crippen LogP contribution in [0.2, 0.25) is 0 Å². The van der Waals surface area contributed by atoms with E-state index in [0.717, 1.165) is 40.7 Å². The van der Waals surface area contributed by atoms with Crippen molar-refractivity contribution < 1.29 is 4.74 Å². The lowest BCUT2D eigenvalue weighted by Crippen LogP contribution is -2.08. The van der Waals surface area contributed by atoms with Gasteiger partial charge in [0, 0.05) is 12.3 Å². The number of pyridine rings is 1. The third-order valence-corrected chi connectivity index (χ3v) is 3.59. The number of aryl methyl sites for hydroxylation is 1. The number of ether oxygens (including phenoxy) is 1. The van der Waals surface area contributed by atoms with Crippen LogP contribution in [0.15, 0.2) is 12.1 Å². The van der Waals surface area contributed by atoms with E-state index in [0.29, 0.717) is 6.61 Å². The second-order valence-corrected chi connectivity index (χ2v) is 5.31. The SMILES string of the molecule is Cc1ccc2[nH]c(=S)n(CCOCC3CC3)c2n1. The zero-order chi connectivity index (χ0) is 12.5. The van der Waals surface area contributed by atoms with Gasteiger partial charge in [-0.2, -0.15) is 0 Å². The van der Waals surface area contributed by atoms with Crippen LogP contribution in [0, 0.1) is 17.6 Å². The van der Waals surface area contributed by atoms with E-state index in [1.165, 1.54) is 12.8 Å². The van der Waals surface area contributed by atoms with Crippen molar-refractivity contribution in [3.63, 3.8) is 0 Å². The smallest absolute Gasteiger partial charge is 0.179 e. The van der Waals surface area contributed by atoms with E-state index in [1.54, 1.807) is 0 Å². The molecule has 1 N–H and O–H groups in total. The number of H-pyrrole nitrogens is 1. The quantitative estimate of drug-likeness (QED) is 0.666. The molecule has 1 saturated carbocycles. The maximum Gasteiger partial charge on any atom is 0.179 e. The van der Waals surface area contributed by atoms with Crippen LogP contribution in [0.4, 0.5) is 0 Å². The molecule has 96 valence electrons. The van der Waals surface area contributed by atoms with E-state index in [-0.39, 0.29) is 0 Å². The van der Waals surface area contributed by atoms with Crippen LogP contribution in [0.5, 0.6) is 0 Å². The van der Waals surface area contributed by atoms with Crippen LogP contribution >= 0.6 is 12.2 Å². The molecule has 0 amide bonds. The predicted octanol–water partition coefficient (Wildman–Crippen LogP) is 2.83. The van der Waals surface area contributed by atoms with Crippen LogP contribution in [0.3, 0.4) is 0 Å². The third kappa shape index (κ3) is 2.47.